The van der Waals surface area contributed by atoms with Gasteiger partial charge in [-0.25, -0.2) is 4.79 Å². The molecule has 41 heavy (non-hydrogen) atoms. The number of carbonyl (C=O) groups excluding carboxylic acids is 3. The second kappa shape index (κ2) is 13.1. The van der Waals surface area contributed by atoms with Crippen LogP contribution in [-0.2, 0) is 27.3 Å². The van der Waals surface area contributed by atoms with Crippen molar-refractivity contribution in [3.63, 3.8) is 0 Å². The molecular weight excluding hydrogens is 556 g/mol. The minimum Gasteiger partial charge on any atom is -0.444 e. The number of nitriles is 1. The maximum Gasteiger partial charge on any atom is 0.410 e. The number of nitrogens with zero attached hydrogens (tertiary/aromatic N) is 2. The van der Waals surface area contributed by atoms with E-state index < -0.39 is 16.9 Å². The molecule has 3 amide bonds. The smallest absolute Gasteiger partial charge is 0.410 e. The van der Waals surface area contributed by atoms with Crippen molar-refractivity contribution in [1.82, 2.24) is 4.90 Å². The van der Waals surface area contributed by atoms with E-state index in [0.29, 0.717) is 35.8 Å². The van der Waals surface area contributed by atoms with Crippen LogP contribution < -0.4 is 10.6 Å². The normalized spacial score (nSPS) is 13.7. The van der Waals surface area contributed by atoms with Gasteiger partial charge in [0.15, 0.2) is 0 Å². The maximum atomic E-state index is 13.1. The van der Waals surface area contributed by atoms with Gasteiger partial charge in [-0.15, -0.1) is 23.1 Å². The number of nitrogens with one attached hydrogen (secondary N) is 2. The number of benzene rings is 2. The molecule has 0 radical (unpaired) electrons. The Hall–Kier alpha value is -4.07. The van der Waals surface area contributed by atoms with E-state index in [1.165, 1.54) is 29.2 Å². The van der Waals surface area contributed by atoms with Gasteiger partial charge in [0.2, 0.25) is 11.8 Å². The summed E-state index contributed by atoms with van der Waals surface area (Å²) in [6.07, 6.45) is 3.35. The lowest BCUT2D eigenvalue weighted by atomic mass is 10.0. The molecule has 8 nitrogen and oxygen atoms in total. The SMILES string of the molecule is CC(Sc1cccc(NC(=O)/C=C/c2ccccc2)c1)C(=O)Nc1sc2c(c1C#N)CCN(C(=O)OC(C)(C)C)C2. The number of thiophene rings is 1. The van der Waals surface area contributed by atoms with E-state index in [1.807, 2.05) is 69.3 Å². The number of thioether (sulfide) groups is 1. The zero-order valence-electron chi connectivity index (χ0n) is 23.4. The lowest BCUT2D eigenvalue weighted by Gasteiger charge is -2.29. The van der Waals surface area contributed by atoms with E-state index in [9.17, 15) is 19.6 Å². The van der Waals surface area contributed by atoms with Crippen molar-refractivity contribution in [3.8, 4) is 6.07 Å². The fourth-order valence-electron chi connectivity index (χ4n) is 4.13. The summed E-state index contributed by atoms with van der Waals surface area (Å²) in [5.74, 6) is -0.493. The monoisotopic (exact) mass is 588 g/mol. The molecule has 0 saturated heterocycles. The predicted molar refractivity (Wildman–Crippen MR) is 164 cm³/mol. The summed E-state index contributed by atoms with van der Waals surface area (Å²) in [6.45, 7) is 8.04. The molecule has 1 aromatic heterocycles. The number of hydrogen-bond donors (Lipinski definition) is 2. The van der Waals surface area contributed by atoms with Gasteiger partial charge in [-0.3, -0.25) is 9.59 Å². The Morgan fingerprint density at radius 1 is 1.12 bits per heavy atom. The van der Waals surface area contributed by atoms with Crippen molar-refractivity contribution in [3.05, 3.63) is 82.2 Å². The van der Waals surface area contributed by atoms with Gasteiger partial charge in [0.1, 0.15) is 16.7 Å². The lowest BCUT2D eigenvalue weighted by Crippen LogP contribution is -2.39. The van der Waals surface area contributed by atoms with Crippen LogP contribution >= 0.6 is 23.1 Å². The van der Waals surface area contributed by atoms with Crippen LogP contribution in [0.2, 0.25) is 0 Å². The number of amides is 3. The molecule has 1 atom stereocenters. The molecule has 1 aliphatic rings. The summed E-state index contributed by atoms with van der Waals surface area (Å²) < 4.78 is 5.50. The molecule has 3 aromatic rings. The minimum atomic E-state index is -0.595. The number of rotatable bonds is 7. The van der Waals surface area contributed by atoms with E-state index in [2.05, 4.69) is 16.7 Å². The highest BCUT2D eigenvalue weighted by molar-refractivity contribution is 8.00. The van der Waals surface area contributed by atoms with Crippen molar-refractivity contribution < 1.29 is 19.1 Å². The van der Waals surface area contributed by atoms with Crippen molar-refractivity contribution in [2.24, 2.45) is 0 Å². The molecule has 4 rings (SSSR count). The third-order valence-electron chi connectivity index (χ3n) is 6.07. The molecule has 0 aliphatic carbocycles. The largest absolute Gasteiger partial charge is 0.444 e. The Morgan fingerprint density at radius 2 is 1.88 bits per heavy atom. The molecule has 2 aromatic carbocycles. The van der Waals surface area contributed by atoms with Gasteiger partial charge in [-0.05, 0) is 69.5 Å². The third kappa shape index (κ3) is 8.22. The van der Waals surface area contributed by atoms with Gasteiger partial charge in [-0.1, -0.05) is 36.4 Å². The maximum absolute atomic E-state index is 13.1. The summed E-state index contributed by atoms with van der Waals surface area (Å²) in [6, 6.07) is 19.1. The van der Waals surface area contributed by atoms with Crippen LogP contribution in [0.1, 0.15) is 49.3 Å². The van der Waals surface area contributed by atoms with Crippen LogP contribution in [0, 0.1) is 11.3 Å². The molecule has 1 unspecified atom stereocenters. The van der Waals surface area contributed by atoms with E-state index >= 15 is 0 Å². The molecule has 2 heterocycles. The van der Waals surface area contributed by atoms with Gasteiger partial charge in [-0.2, -0.15) is 5.26 Å². The molecule has 0 spiro atoms. The average Bonchev–Trinajstić information content (AvgIpc) is 3.27. The van der Waals surface area contributed by atoms with Gasteiger partial charge in [0.25, 0.3) is 0 Å². The van der Waals surface area contributed by atoms with Gasteiger partial charge < -0.3 is 20.3 Å². The van der Waals surface area contributed by atoms with Crippen molar-refractivity contribution >= 4 is 57.8 Å². The van der Waals surface area contributed by atoms with E-state index in [-0.39, 0.29) is 11.8 Å². The van der Waals surface area contributed by atoms with E-state index in [0.717, 1.165) is 20.9 Å². The number of fused-ring (bicyclic) bond motifs is 1. The predicted octanol–water partition coefficient (Wildman–Crippen LogP) is 6.68. The van der Waals surface area contributed by atoms with E-state index in [1.54, 1.807) is 24.0 Å². The molecule has 0 bridgehead atoms. The van der Waals surface area contributed by atoms with Gasteiger partial charge in [0, 0.05) is 28.1 Å². The van der Waals surface area contributed by atoms with Crippen molar-refractivity contribution in [1.29, 1.82) is 5.26 Å². The zero-order valence-corrected chi connectivity index (χ0v) is 25.0. The highest BCUT2D eigenvalue weighted by Gasteiger charge is 2.30. The summed E-state index contributed by atoms with van der Waals surface area (Å²) >= 11 is 2.67. The highest BCUT2D eigenvalue weighted by Crippen LogP contribution is 2.37. The van der Waals surface area contributed by atoms with E-state index in [4.69, 9.17) is 4.74 Å². The standard InChI is InChI=1S/C31H32N4O4S2/c1-20(40-23-12-8-11-22(17-23)33-27(36)14-13-21-9-6-5-7-10-21)28(37)34-29-25(18-32)24-15-16-35(19-26(24)41-29)30(38)39-31(2,3)4/h5-14,17,20H,15-16,19H2,1-4H3,(H,33,36)(H,34,37)/b14-13+. The second-order valence-corrected chi connectivity index (χ2v) is 13.0. The minimum absolute atomic E-state index is 0.241. The Balaban J connectivity index is 1.37. The fraction of sp³-hybridized carbons (Fsp3) is 0.290. The number of ether oxygens (including phenoxy) is 1. The van der Waals surface area contributed by atoms with Crippen LogP contribution in [0.3, 0.4) is 0 Å². The molecule has 2 N–H and O–H groups in total. The van der Waals surface area contributed by atoms with Crippen LogP contribution in [-0.4, -0.2) is 40.2 Å². The first-order chi connectivity index (χ1) is 19.5. The topological polar surface area (TPSA) is 112 Å². The Kier molecular flexibility index (Phi) is 9.53. The Morgan fingerprint density at radius 3 is 2.59 bits per heavy atom. The van der Waals surface area contributed by atoms with Crippen molar-refractivity contribution in [2.45, 2.75) is 56.4 Å². The van der Waals surface area contributed by atoms with Gasteiger partial charge in [0.05, 0.1) is 17.4 Å². The molecular formula is C31H32N4O4S2. The van der Waals surface area contributed by atoms with Gasteiger partial charge >= 0.3 is 6.09 Å². The fourth-order valence-corrected chi connectivity index (χ4v) is 6.27. The Bertz CT molecular complexity index is 1500. The molecule has 0 saturated carbocycles. The number of anilines is 2. The molecule has 212 valence electrons. The molecule has 1 aliphatic heterocycles. The van der Waals surface area contributed by atoms with Crippen LogP contribution in [0.15, 0.2) is 65.6 Å². The summed E-state index contributed by atoms with van der Waals surface area (Å²) in [5.41, 5.74) is 2.28. The quantitative estimate of drug-likeness (QED) is 0.235. The molecule has 0 fully saturated rings. The highest BCUT2D eigenvalue weighted by atomic mass is 32.2. The van der Waals surface area contributed by atoms with Crippen molar-refractivity contribution in [2.75, 3.05) is 17.2 Å². The summed E-state index contributed by atoms with van der Waals surface area (Å²) in [7, 11) is 0. The number of carbonyl (C=O) groups is 3. The summed E-state index contributed by atoms with van der Waals surface area (Å²) in [5, 5.41) is 15.6. The second-order valence-electron chi connectivity index (χ2n) is 10.5. The first-order valence-electron chi connectivity index (χ1n) is 13.2. The lowest BCUT2D eigenvalue weighted by molar-refractivity contribution is -0.115. The van der Waals surface area contributed by atoms with Crippen LogP contribution in [0.5, 0.6) is 0 Å². The first-order valence-corrected chi connectivity index (χ1v) is 14.9. The van der Waals surface area contributed by atoms with Crippen LogP contribution in [0.4, 0.5) is 15.5 Å². The summed E-state index contributed by atoms with van der Waals surface area (Å²) in [4.78, 5) is 41.3. The molecule has 10 heteroatoms. The third-order valence-corrected chi connectivity index (χ3v) is 8.29. The first kappa shape index (κ1) is 29.9. The zero-order chi connectivity index (χ0) is 29.6. The van der Waals surface area contributed by atoms with Crippen LogP contribution in [0.25, 0.3) is 6.08 Å². The Labute approximate surface area is 248 Å². The average molecular weight is 589 g/mol. The number of hydrogen-bond acceptors (Lipinski definition) is 7.